The Bertz CT molecular complexity index is 469. The number of carbonyl (C=O) groups excluding carboxylic acids is 2. The lowest BCUT2D eigenvalue weighted by atomic mass is 10.2. The van der Waals surface area contributed by atoms with Crippen molar-refractivity contribution in [3.8, 4) is 0 Å². The highest BCUT2D eigenvalue weighted by Crippen LogP contribution is 2.06. The van der Waals surface area contributed by atoms with Gasteiger partial charge in [-0.05, 0) is 6.92 Å². The van der Waals surface area contributed by atoms with Gasteiger partial charge >= 0.3 is 6.09 Å². The van der Waals surface area contributed by atoms with Crippen LogP contribution in [0, 0.1) is 0 Å². The summed E-state index contributed by atoms with van der Waals surface area (Å²) in [5, 5.41) is 9.12. The fourth-order valence-corrected chi connectivity index (χ4v) is 2.22. The molecule has 0 aliphatic carbocycles. The second-order valence-electron chi connectivity index (χ2n) is 4.89. The number of methoxy groups -OCH3 is 1. The summed E-state index contributed by atoms with van der Waals surface area (Å²) in [5.41, 5.74) is 0. The second kappa shape index (κ2) is 7.02. The molecule has 2 amide bonds. The molecule has 2 rings (SSSR count). The zero-order valence-electron chi connectivity index (χ0n) is 12.2. The van der Waals surface area contributed by atoms with Gasteiger partial charge in [-0.15, -0.1) is 0 Å². The van der Waals surface area contributed by atoms with Crippen LogP contribution in [0.4, 0.5) is 4.79 Å². The third kappa shape index (κ3) is 4.15. The minimum Gasteiger partial charge on any atom is -0.453 e. The predicted molar refractivity (Wildman–Crippen MR) is 73.2 cm³/mol. The van der Waals surface area contributed by atoms with Crippen molar-refractivity contribution in [1.82, 2.24) is 30.3 Å². The summed E-state index contributed by atoms with van der Waals surface area (Å²) in [6, 6.07) is -0.585. The molecule has 2 N–H and O–H groups in total. The van der Waals surface area contributed by atoms with Gasteiger partial charge < -0.3 is 15.0 Å². The van der Waals surface area contributed by atoms with E-state index in [1.165, 1.54) is 13.4 Å². The van der Waals surface area contributed by atoms with Crippen LogP contribution in [0.2, 0.25) is 0 Å². The van der Waals surface area contributed by atoms with E-state index in [4.69, 9.17) is 0 Å². The SMILES string of the molecule is COC(=O)N[C@@H](C)C(=O)N1CCN(Cc2ncn[nH]2)CC1. The van der Waals surface area contributed by atoms with Crippen LogP contribution in [0.25, 0.3) is 0 Å². The van der Waals surface area contributed by atoms with Gasteiger partial charge in [0.1, 0.15) is 18.2 Å². The quantitative estimate of drug-likeness (QED) is 0.753. The van der Waals surface area contributed by atoms with Crippen molar-refractivity contribution in [3.05, 3.63) is 12.2 Å². The fourth-order valence-electron chi connectivity index (χ4n) is 2.22. The monoisotopic (exact) mass is 296 g/mol. The fraction of sp³-hybridized carbons (Fsp3) is 0.667. The molecule has 0 aromatic carbocycles. The first-order valence-corrected chi connectivity index (χ1v) is 6.80. The molecule has 1 aromatic heterocycles. The normalized spacial score (nSPS) is 17.3. The lowest BCUT2D eigenvalue weighted by Gasteiger charge is -2.35. The number of amides is 2. The Morgan fingerprint density at radius 1 is 1.43 bits per heavy atom. The van der Waals surface area contributed by atoms with E-state index in [9.17, 15) is 9.59 Å². The lowest BCUT2D eigenvalue weighted by molar-refractivity contribution is -0.134. The number of aromatic nitrogens is 3. The number of piperazine rings is 1. The number of aromatic amines is 1. The van der Waals surface area contributed by atoms with Gasteiger partial charge in [-0.1, -0.05) is 0 Å². The smallest absolute Gasteiger partial charge is 0.407 e. The number of nitrogens with one attached hydrogen (secondary N) is 2. The van der Waals surface area contributed by atoms with Crippen LogP contribution >= 0.6 is 0 Å². The molecule has 0 radical (unpaired) electrons. The standard InChI is InChI=1S/C12H20N6O3/c1-9(15-12(20)21-2)11(19)18-5-3-17(4-6-18)7-10-13-8-14-16-10/h8-9H,3-7H2,1-2H3,(H,15,20)(H,13,14,16)/t9-/m0/s1. The van der Waals surface area contributed by atoms with Gasteiger partial charge in [0, 0.05) is 26.2 Å². The molecule has 2 heterocycles. The average molecular weight is 296 g/mol. The largest absolute Gasteiger partial charge is 0.453 e. The highest BCUT2D eigenvalue weighted by Gasteiger charge is 2.26. The second-order valence-corrected chi connectivity index (χ2v) is 4.89. The molecule has 21 heavy (non-hydrogen) atoms. The molecule has 0 saturated carbocycles. The van der Waals surface area contributed by atoms with E-state index in [-0.39, 0.29) is 5.91 Å². The van der Waals surface area contributed by atoms with Crippen molar-refractivity contribution in [2.45, 2.75) is 19.5 Å². The van der Waals surface area contributed by atoms with Crippen LogP contribution < -0.4 is 5.32 Å². The topological polar surface area (TPSA) is 103 Å². The molecule has 1 aliphatic rings. The number of alkyl carbamates (subject to hydrolysis) is 1. The van der Waals surface area contributed by atoms with Gasteiger partial charge in [0.25, 0.3) is 0 Å². The zero-order valence-corrected chi connectivity index (χ0v) is 12.2. The first-order chi connectivity index (χ1) is 10.1. The minimum atomic E-state index is -0.597. The number of rotatable bonds is 4. The number of hydrogen-bond acceptors (Lipinski definition) is 6. The number of ether oxygens (including phenoxy) is 1. The molecular weight excluding hydrogens is 276 g/mol. The average Bonchev–Trinajstić information content (AvgIpc) is 3.00. The number of hydrogen-bond donors (Lipinski definition) is 2. The molecule has 0 spiro atoms. The van der Waals surface area contributed by atoms with Crippen LogP contribution in [-0.2, 0) is 16.1 Å². The lowest BCUT2D eigenvalue weighted by Crippen LogP contribution is -2.53. The van der Waals surface area contributed by atoms with E-state index in [1.807, 2.05) is 0 Å². The third-order valence-electron chi connectivity index (χ3n) is 3.41. The summed E-state index contributed by atoms with van der Waals surface area (Å²) in [5.74, 6) is 0.718. The van der Waals surface area contributed by atoms with Crippen LogP contribution in [0.3, 0.4) is 0 Å². The first-order valence-electron chi connectivity index (χ1n) is 6.80. The number of nitrogens with zero attached hydrogens (tertiary/aromatic N) is 4. The van der Waals surface area contributed by atoms with Gasteiger partial charge in [-0.2, -0.15) is 5.10 Å². The van der Waals surface area contributed by atoms with Crippen molar-refractivity contribution < 1.29 is 14.3 Å². The van der Waals surface area contributed by atoms with E-state index in [2.05, 4.69) is 30.1 Å². The van der Waals surface area contributed by atoms with Crippen LogP contribution in [0.1, 0.15) is 12.7 Å². The summed E-state index contributed by atoms with van der Waals surface area (Å²) in [7, 11) is 1.27. The highest BCUT2D eigenvalue weighted by atomic mass is 16.5. The van der Waals surface area contributed by atoms with E-state index in [0.717, 1.165) is 18.9 Å². The summed E-state index contributed by atoms with van der Waals surface area (Å²) in [4.78, 5) is 31.3. The Balaban J connectivity index is 1.77. The summed E-state index contributed by atoms with van der Waals surface area (Å²) >= 11 is 0. The summed E-state index contributed by atoms with van der Waals surface area (Å²) < 4.78 is 4.49. The van der Waals surface area contributed by atoms with E-state index >= 15 is 0 Å². The maximum Gasteiger partial charge on any atom is 0.407 e. The van der Waals surface area contributed by atoms with Gasteiger partial charge in [0.05, 0.1) is 13.7 Å². The zero-order chi connectivity index (χ0) is 15.2. The third-order valence-corrected chi connectivity index (χ3v) is 3.41. The van der Waals surface area contributed by atoms with Crippen molar-refractivity contribution in [2.24, 2.45) is 0 Å². The van der Waals surface area contributed by atoms with Crippen molar-refractivity contribution in [3.63, 3.8) is 0 Å². The van der Waals surface area contributed by atoms with Crippen LogP contribution in [0.5, 0.6) is 0 Å². The molecular formula is C12H20N6O3. The van der Waals surface area contributed by atoms with Crippen LogP contribution in [0.15, 0.2) is 6.33 Å². The summed E-state index contributed by atoms with van der Waals surface area (Å²) in [6.07, 6.45) is 0.884. The molecule has 1 fully saturated rings. The van der Waals surface area contributed by atoms with Gasteiger partial charge in [-0.3, -0.25) is 14.8 Å². The van der Waals surface area contributed by atoms with Crippen molar-refractivity contribution >= 4 is 12.0 Å². The molecule has 116 valence electrons. The van der Waals surface area contributed by atoms with Gasteiger partial charge in [0.15, 0.2) is 0 Å². The Morgan fingerprint density at radius 3 is 2.71 bits per heavy atom. The predicted octanol–water partition coefficient (Wildman–Crippen LogP) is -0.807. The molecule has 1 aliphatic heterocycles. The molecule has 1 atom stereocenters. The highest BCUT2D eigenvalue weighted by molar-refractivity contribution is 5.85. The Hall–Kier alpha value is -2.16. The van der Waals surface area contributed by atoms with Gasteiger partial charge in [0.2, 0.25) is 5.91 Å². The molecule has 1 aromatic rings. The maximum absolute atomic E-state index is 12.2. The van der Waals surface area contributed by atoms with E-state index in [1.54, 1.807) is 11.8 Å². The molecule has 0 bridgehead atoms. The van der Waals surface area contributed by atoms with Crippen molar-refractivity contribution in [2.75, 3.05) is 33.3 Å². The Kier molecular flexibility index (Phi) is 5.09. The molecule has 1 saturated heterocycles. The van der Waals surface area contributed by atoms with Gasteiger partial charge in [-0.25, -0.2) is 9.78 Å². The number of carbonyl (C=O) groups is 2. The van der Waals surface area contributed by atoms with Crippen LogP contribution in [-0.4, -0.2) is 76.3 Å². The Morgan fingerprint density at radius 2 is 2.14 bits per heavy atom. The molecule has 0 unspecified atom stereocenters. The molecule has 9 heteroatoms. The first kappa shape index (κ1) is 15.2. The van der Waals surface area contributed by atoms with E-state index in [0.29, 0.717) is 19.6 Å². The minimum absolute atomic E-state index is 0.0975. The van der Waals surface area contributed by atoms with E-state index < -0.39 is 12.1 Å². The van der Waals surface area contributed by atoms with Crippen molar-refractivity contribution in [1.29, 1.82) is 0 Å². The molecule has 9 nitrogen and oxygen atoms in total. The number of H-pyrrole nitrogens is 1. The Labute approximate surface area is 122 Å². The maximum atomic E-state index is 12.2. The summed E-state index contributed by atoms with van der Waals surface area (Å²) in [6.45, 7) is 5.12.